The van der Waals surface area contributed by atoms with E-state index in [0.717, 1.165) is 37.6 Å². The Bertz CT molecular complexity index is 474. The highest BCUT2D eigenvalue weighted by molar-refractivity contribution is 4.93. The lowest BCUT2D eigenvalue weighted by atomic mass is 10.4. The quantitative estimate of drug-likeness (QED) is 0.734. The molecule has 0 aliphatic rings. The third kappa shape index (κ3) is 3.10. The van der Waals surface area contributed by atoms with Gasteiger partial charge in [-0.3, -0.25) is 0 Å². The standard InChI is InChI=1S/C10H18N8/c1-3-5-18-10(13-14-16-18)8-17-7-9(12-15-17)6-11-4-2/h7,11H,3-6,8H2,1-2H3. The third-order valence-corrected chi connectivity index (χ3v) is 2.49. The first-order chi connectivity index (χ1) is 8.83. The molecule has 2 heterocycles. The molecule has 0 spiro atoms. The van der Waals surface area contributed by atoms with Crippen molar-refractivity contribution >= 4 is 0 Å². The molecule has 0 atom stereocenters. The molecular weight excluding hydrogens is 232 g/mol. The van der Waals surface area contributed by atoms with E-state index in [2.05, 4.69) is 45.0 Å². The Balaban J connectivity index is 1.99. The number of aromatic nitrogens is 7. The fourth-order valence-corrected chi connectivity index (χ4v) is 1.62. The van der Waals surface area contributed by atoms with Crippen LogP contribution in [0.15, 0.2) is 6.20 Å². The fraction of sp³-hybridized carbons (Fsp3) is 0.700. The molecule has 2 rings (SSSR count). The van der Waals surface area contributed by atoms with E-state index < -0.39 is 0 Å². The van der Waals surface area contributed by atoms with Gasteiger partial charge in [-0.15, -0.1) is 10.2 Å². The lowest BCUT2D eigenvalue weighted by Crippen LogP contribution is -2.12. The lowest BCUT2D eigenvalue weighted by Gasteiger charge is -2.01. The Morgan fingerprint density at radius 1 is 1.22 bits per heavy atom. The summed E-state index contributed by atoms with van der Waals surface area (Å²) in [5.41, 5.74) is 0.923. The van der Waals surface area contributed by atoms with Gasteiger partial charge in [-0.1, -0.05) is 19.1 Å². The van der Waals surface area contributed by atoms with Crippen LogP contribution in [0.4, 0.5) is 0 Å². The Morgan fingerprint density at radius 2 is 2.11 bits per heavy atom. The van der Waals surface area contributed by atoms with Gasteiger partial charge < -0.3 is 5.32 Å². The Labute approximate surface area is 105 Å². The molecule has 0 amide bonds. The van der Waals surface area contributed by atoms with E-state index in [9.17, 15) is 0 Å². The van der Waals surface area contributed by atoms with Crippen LogP contribution in [0, 0.1) is 0 Å². The van der Waals surface area contributed by atoms with Crippen molar-refractivity contribution in [3.05, 3.63) is 17.7 Å². The molecule has 8 nitrogen and oxygen atoms in total. The lowest BCUT2D eigenvalue weighted by molar-refractivity contribution is 0.526. The van der Waals surface area contributed by atoms with E-state index in [1.54, 1.807) is 9.36 Å². The molecule has 2 aromatic heterocycles. The minimum Gasteiger partial charge on any atom is -0.311 e. The molecule has 98 valence electrons. The predicted octanol–water partition coefficient (Wildman–Crippen LogP) is -0.168. The van der Waals surface area contributed by atoms with Gasteiger partial charge in [-0.05, 0) is 23.4 Å². The molecule has 0 aliphatic carbocycles. The summed E-state index contributed by atoms with van der Waals surface area (Å²) < 4.78 is 3.55. The van der Waals surface area contributed by atoms with E-state index in [0.29, 0.717) is 6.54 Å². The number of nitrogens with one attached hydrogen (secondary N) is 1. The molecule has 18 heavy (non-hydrogen) atoms. The molecule has 0 saturated carbocycles. The van der Waals surface area contributed by atoms with Gasteiger partial charge in [0.15, 0.2) is 5.82 Å². The highest BCUT2D eigenvalue weighted by atomic mass is 15.6. The summed E-state index contributed by atoms with van der Waals surface area (Å²) in [6, 6.07) is 0. The summed E-state index contributed by atoms with van der Waals surface area (Å²) in [5.74, 6) is 0.803. The summed E-state index contributed by atoms with van der Waals surface area (Å²) in [7, 11) is 0. The van der Waals surface area contributed by atoms with Gasteiger partial charge in [-0.25, -0.2) is 9.36 Å². The maximum atomic E-state index is 4.08. The van der Waals surface area contributed by atoms with Crippen molar-refractivity contribution in [1.29, 1.82) is 0 Å². The van der Waals surface area contributed by atoms with Crippen molar-refractivity contribution < 1.29 is 0 Å². The van der Waals surface area contributed by atoms with Gasteiger partial charge in [0.1, 0.15) is 6.54 Å². The average molecular weight is 250 g/mol. The molecule has 0 fully saturated rings. The van der Waals surface area contributed by atoms with Crippen LogP contribution in [0.3, 0.4) is 0 Å². The molecule has 0 aromatic carbocycles. The Hall–Kier alpha value is -1.83. The molecule has 8 heteroatoms. The van der Waals surface area contributed by atoms with Crippen molar-refractivity contribution in [2.24, 2.45) is 0 Å². The molecular formula is C10H18N8. The summed E-state index contributed by atoms with van der Waals surface area (Å²) >= 11 is 0. The number of hydrogen-bond acceptors (Lipinski definition) is 6. The van der Waals surface area contributed by atoms with E-state index in [1.807, 2.05) is 6.20 Å². The van der Waals surface area contributed by atoms with Gasteiger partial charge in [0.2, 0.25) is 0 Å². The van der Waals surface area contributed by atoms with Crippen LogP contribution in [0.1, 0.15) is 31.8 Å². The Kier molecular flexibility index (Phi) is 4.35. The molecule has 2 aromatic rings. The van der Waals surface area contributed by atoms with E-state index in [1.165, 1.54) is 0 Å². The van der Waals surface area contributed by atoms with Crippen molar-refractivity contribution in [1.82, 2.24) is 40.5 Å². The average Bonchev–Trinajstić information content (AvgIpc) is 2.98. The van der Waals surface area contributed by atoms with Gasteiger partial charge >= 0.3 is 0 Å². The number of aryl methyl sites for hydroxylation is 1. The van der Waals surface area contributed by atoms with Crippen LogP contribution >= 0.6 is 0 Å². The van der Waals surface area contributed by atoms with Crippen molar-refractivity contribution in [3.63, 3.8) is 0 Å². The van der Waals surface area contributed by atoms with Gasteiger partial charge in [-0.2, -0.15) is 0 Å². The molecule has 0 saturated heterocycles. The zero-order chi connectivity index (χ0) is 12.8. The minimum atomic E-state index is 0.548. The van der Waals surface area contributed by atoms with Crippen LogP contribution in [-0.2, 0) is 19.6 Å². The van der Waals surface area contributed by atoms with E-state index in [-0.39, 0.29) is 0 Å². The molecule has 0 unspecified atom stereocenters. The first-order valence-corrected chi connectivity index (χ1v) is 6.18. The first-order valence-electron chi connectivity index (χ1n) is 6.18. The van der Waals surface area contributed by atoms with Gasteiger partial charge in [0.25, 0.3) is 0 Å². The first kappa shape index (κ1) is 12.6. The van der Waals surface area contributed by atoms with Crippen LogP contribution in [0.5, 0.6) is 0 Å². The number of nitrogens with zero attached hydrogens (tertiary/aromatic N) is 7. The van der Waals surface area contributed by atoms with Crippen LogP contribution in [0.25, 0.3) is 0 Å². The van der Waals surface area contributed by atoms with E-state index in [4.69, 9.17) is 0 Å². The zero-order valence-corrected chi connectivity index (χ0v) is 10.7. The SMILES string of the molecule is CCCn1nnnc1Cn1cc(CNCC)nn1. The van der Waals surface area contributed by atoms with Crippen molar-refractivity contribution in [2.45, 2.75) is 39.9 Å². The monoisotopic (exact) mass is 250 g/mol. The number of hydrogen-bond donors (Lipinski definition) is 1. The second kappa shape index (κ2) is 6.20. The second-order valence-electron chi connectivity index (χ2n) is 4.01. The summed E-state index contributed by atoms with van der Waals surface area (Å²) in [6.07, 6.45) is 2.91. The highest BCUT2D eigenvalue weighted by Crippen LogP contribution is 1.99. The molecule has 1 N–H and O–H groups in total. The van der Waals surface area contributed by atoms with Crippen LogP contribution in [-0.4, -0.2) is 41.7 Å². The zero-order valence-electron chi connectivity index (χ0n) is 10.7. The van der Waals surface area contributed by atoms with Crippen LogP contribution < -0.4 is 5.32 Å². The predicted molar refractivity (Wildman–Crippen MR) is 64.6 cm³/mol. The van der Waals surface area contributed by atoms with Gasteiger partial charge in [0, 0.05) is 13.1 Å². The summed E-state index contributed by atoms with van der Waals surface area (Å²) in [5, 5.41) is 23.0. The van der Waals surface area contributed by atoms with Crippen molar-refractivity contribution in [3.8, 4) is 0 Å². The molecule has 0 bridgehead atoms. The normalized spacial score (nSPS) is 11.0. The maximum Gasteiger partial charge on any atom is 0.172 e. The third-order valence-electron chi connectivity index (χ3n) is 2.49. The Morgan fingerprint density at radius 3 is 2.89 bits per heavy atom. The largest absolute Gasteiger partial charge is 0.311 e. The number of rotatable bonds is 7. The van der Waals surface area contributed by atoms with Crippen molar-refractivity contribution in [2.75, 3.05) is 6.54 Å². The second-order valence-corrected chi connectivity index (χ2v) is 4.01. The highest BCUT2D eigenvalue weighted by Gasteiger charge is 2.07. The number of tetrazole rings is 1. The van der Waals surface area contributed by atoms with Crippen LogP contribution in [0.2, 0.25) is 0 Å². The fourth-order valence-electron chi connectivity index (χ4n) is 1.62. The maximum absolute atomic E-state index is 4.08. The van der Waals surface area contributed by atoms with Gasteiger partial charge in [0.05, 0.1) is 11.9 Å². The summed E-state index contributed by atoms with van der Waals surface area (Å²) in [4.78, 5) is 0. The minimum absolute atomic E-state index is 0.548. The summed E-state index contributed by atoms with van der Waals surface area (Å²) in [6.45, 7) is 7.17. The molecule has 0 radical (unpaired) electrons. The molecule has 0 aliphatic heterocycles. The van der Waals surface area contributed by atoms with E-state index >= 15 is 0 Å². The topological polar surface area (TPSA) is 86.3 Å². The smallest absolute Gasteiger partial charge is 0.172 e.